The van der Waals surface area contributed by atoms with Crippen LogP contribution in [-0.4, -0.2) is 33.3 Å². The zero-order chi connectivity index (χ0) is 18.8. The minimum absolute atomic E-state index is 0.0474. The topological polar surface area (TPSA) is 104 Å². The highest BCUT2D eigenvalue weighted by Crippen LogP contribution is 2.35. The maximum Gasteiger partial charge on any atom is 0.223 e. The Morgan fingerprint density at radius 2 is 2.15 bits per heavy atom. The molecule has 136 valence electrons. The molecule has 0 spiro atoms. The molecule has 0 saturated carbocycles. The van der Waals surface area contributed by atoms with Crippen molar-refractivity contribution in [2.45, 2.75) is 33.6 Å². The molecule has 0 radical (unpaired) electrons. The lowest BCUT2D eigenvalue weighted by Gasteiger charge is -2.15. The van der Waals surface area contributed by atoms with Gasteiger partial charge in [0.15, 0.2) is 5.13 Å². The number of aromatic nitrogens is 2. The highest BCUT2D eigenvalue weighted by atomic mass is 32.1. The summed E-state index contributed by atoms with van der Waals surface area (Å²) in [7, 11) is 0. The molecular weight excluding hydrogens is 352 g/mol. The van der Waals surface area contributed by atoms with E-state index in [0.29, 0.717) is 39.7 Å². The van der Waals surface area contributed by atoms with Gasteiger partial charge in [0.25, 0.3) is 0 Å². The number of hydrogen-bond donors (Lipinski definition) is 3. The SMILES string of the molecule is CCNc1ncc(C(O)=C2CCc3nc(NC(C)=O)sc3C2=O)cc1C. The van der Waals surface area contributed by atoms with Gasteiger partial charge in [0.05, 0.1) is 5.69 Å². The van der Waals surface area contributed by atoms with Crippen molar-refractivity contribution in [2.24, 2.45) is 0 Å². The monoisotopic (exact) mass is 372 g/mol. The Bertz CT molecular complexity index is 917. The number of anilines is 2. The highest BCUT2D eigenvalue weighted by Gasteiger charge is 2.29. The van der Waals surface area contributed by atoms with Crippen molar-refractivity contribution < 1.29 is 14.7 Å². The molecule has 0 unspecified atom stereocenters. The van der Waals surface area contributed by atoms with Crippen LogP contribution in [0.15, 0.2) is 17.8 Å². The number of aliphatic hydroxyl groups excluding tert-OH is 1. The van der Waals surface area contributed by atoms with Crippen LogP contribution in [0.4, 0.5) is 10.9 Å². The molecule has 26 heavy (non-hydrogen) atoms. The van der Waals surface area contributed by atoms with Gasteiger partial charge in [0, 0.05) is 30.8 Å². The summed E-state index contributed by atoms with van der Waals surface area (Å²) in [5, 5.41) is 16.8. The Morgan fingerprint density at radius 3 is 2.81 bits per heavy atom. The summed E-state index contributed by atoms with van der Waals surface area (Å²) in [6.45, 7) is 6.03. The summed E-state index contributed by atoms with van der Waals surface area (Å²) >= 11 is 1.14. The quantitative estimate of drug-likeness (QED) is 0.562. The summed E-state index contributed by atoms with van der Waals surface area (Å²) in [6.07, 6.45) is 2.50. The van der Waals surface area contributed by atoms with Crippen LogP contribution in [0.2, 0.25) is 0 Å². The molecule has 1 aliphatic rings. The van der Waals surface area contributed by atoms with E-state index in [1.807, 2.05) is 19.9 Å². The smallest absolute Gasteiger partial charge is 0.223 e. The van der Waals surface area contributed by atoms with E-state index in [1.54, 1.807) is 6.20 Å². The third-order valence-electron chi connectivity index (χ3n) is 4.05. The average molecular weight is 372 g/mol. The van der Waals surface area contributed by atoms with Crippen molar-refractivity contribution in [3.05, 3.63) is 39.5 Å². The second-order valence-corrected chi connectivity index (χ2v) is 7.05. The standard InChI is InChI=1S/C18H20N4O3S/c1-4-19-17-9(2)7-11(8-20-17)14(24)12-5-6-13-16(15(12)25)26-18(22-13)21-10(3)23/h7-8,24H,4-6H2,1-3H3,(H,19,20)(H,21,22,23). The van der Waals surface area contributed by atoms with E-state index in [-0.39, 0.29) is 17.4 Å². The zero-order valence-corrected chi connectivity index (χ0v) is 15.7. The molecule has 3 N–H and O–H groups in total. The van der Waals surface area contributed by atoms with E-state index in [9.17, 15) is 14.7 Å². The lowest BCUT2D eigenvalue weighted by Crippen LogP contribution is -2.14. The number of nitrogens with zero attached hydrogens (tertiary/aromatic N) is 2. The first-order chi connectivity index (χ1) is 12.4. The fraction of sp³-hybridized carbons (Fsp3) is 0.333. The van der Waals surface area contributed by atoms with Crippen molar-refractivity contribution in [2.75, 3.05) is 17.2 Å². The summed E-state index contributed by atoms with van der Waals surface area (Å²) < 4.78 is 0. The Balaban J connectivity index is 1.94. The Hall–Kier alpha value is -2.74. The number of thiazole rings is 1. The van der Waals surface area contributed by atoms with Crippen LogP contribution in [0, 0.1) is 6.92 Å². The predicted octanol–water partition coefficient (Wildman–Crippen LogP) is 3.33. The minimum atomic E-state index is -0.244. The number of carbonyl (C=O) groups excluding carboxylic acids is 2. The number of aryl methyl sites for hydroxylation is 2. The molecule has 0 atom stereocenters. The second-order valence-electron chi connectivity index (χ2n) is 6.05. The fourth-order valence-electron chi connectivity index (χ4n) is 2.85. The van der Waals surface area contributed by atoms with Crippen LogP contribution in [0.5, 0.6) is 0 Å². The third kappa shape index (κ3) is 3.45. The molecule has 1 amide bonds. The molecule has 2 aromatic heterocycles. The fourth-order valence-corrected chi connectivity index (χ4v) is 3.88. The maximum absolute atomic E-state index is 12.8. The van der Waals surface area contributed by atoms with Crippen molar-refractivity contribution in [3.63, 3.8) is 0 Å². The van der Waals surface area contributed by atoms with Gasteiger partial charge in [-0.3, -0.25) is 9.59 Å². The first-order valence-electron chi connectivity index (χ1n) is 8.35. The summed E-state index contributed by atoms with van der Waals surface area (Å²) in [4.78, 5) is 33.1. The average Bonchev–Trinajstić information content (AvgIpc) is 2.99. The van der Waals surface area contributed by atoms with E-state index in [0.717, 1.165) is 29.3 Å². The molecule has 0 saturated heterocycles. The number of nitrogens with one attached hydrogen (secondary N) is 2. The molecule has 8 heteroatoms. The highest BCUT2D eigenvalue weighted by molar-refractivity contribution is 7.18. The van der Waals surface area contributed by atoms with Crippen LogP contribution >= 0.6 is 11.3 Å². The van der Waals surface area contributed by atoms with E-state index < -0.39 is 0 Å². The molecule has 0 aromatic carbocycles. The summed E-state index contributed by atoms with van der Waals surface area (Å²) in [6, 6.07) is 1.81. The lowest BCUT2D eigenvalue weighted by molar-refractivity contribution is -0.114. The number of ketones is 1. The number of amides is 1. The lowest BCUT2D eigenvalue weighted by atomic mass is 9.93. The largest absolute Gasteiger partial charge is 0.507 e. The van der Waals surface area contributed by atoms with Gasteiger partial charge < -0.3 is 15.7 Å². The summed E-state index contributed by atoms with van der Waals surface area (Å²) in [5.74, 6) is 0.234. The number of fused-ring (bicyclic) bond motifs is 1. The third-order valence-corrected chi connectivity index (χ3v) is 5.07. The molecule has 7 nitrogen and oxygen atoms in total. The molecule has 0 fully saturated rings. The Labute approximate surface area is 155 Å². The van der Waals surface area contributed by atoms with E-state index in [2.05, 4.69) is 20.6 Å². The Morgan fingerprint density at radius 1 is 1.38 bits per heavy atom. The van der Waals surface area contributed by atoms with E-state index in [1.165, 1.54) is 6.92 Å². The normalized spacial score (nSPS) is 15.4. The number of Topliss-reactive ketones (excluding diaryl/α,β-unsaturated/α-hetero) is 1. The minimum Gasteiger partial charge on any atom is -0.507 e. The first kappa shape index (κ1) is 18.1. The molecule has 1 aliphatic carbocycles. The van der Waals surface area contributed by atoms with Crippen LogP contribution in [-0.2, 0) is 11.2 Å². The van der Waals surface area contributed by atoms with Gasteiger partial charge in [-0.05, 0) is 38.3 Å². The van der Waals surface area contributed by atoms with Crippen molar-refractivity contribution in [1.29, 1.82) is 0 Å². The number of carbonyl (C=O) groups is 2. The van der Waals surface area contributed by atoms with E-state index in [4.69, 9.17) is 0 Å². The second kappa shape index (κ2) is 7.25. The number of allylic oxidation sites excluding steroid dienone is 1. The van der Waals surface area contributed by atoms with Crippen LogP contribution in [0.1, 0.15) is 46.8 Å². The van der Waals surface area contributed by atoms with Crippen LogP contribution in [0.25, 0.3) is 5.76 Å². The van der Waals surface area contributed by atoms with Crippen molar-refractivity contribution in [1.82, 2.24) is 9.97 Å². The van der Waals surface area contributed by atoms with Crippen LogP contribution < -0.4 is 10.6 Å². The van der Waals surface area contributed by atoms with Gasteiger partial charge in [-0.15, -0.1) is 0 Å². The van der Waals surface area contributed by atoms with E-state index >= 15 is 0 Å². The van der Waals surface area contributed by atoms with Crippen LogP contribution in [0.3, 0.4) is 0 Å². The molecule has 2 heterocycles. The zero-order valence-electron chi connectivity index (χ0n) is 14.8. The number of pyridine rings is 1. The van der Waals surface area contributed by atoms with Gasteiger partial charge in [-0.1, -0.05) is 11.3 Å². The Kier molecular flexibility index (Phi) is 5.03. The number of aliphatic hydroxyl groups is 1. The number of hydrogen-bond acceptors (Lipinski definition) is 7. The first-order valence-corrected chi connectivity index (χ1v) is 9.17. The number of rotatable bonds is 4. The van der Waals surface area contributed by atoms with Gasteiger partial charge in [0.2, 0.25) is 11.7 Å². The van der Waals surface area contributed by atoms with Crippen molar-refractivity contribution in [3.8, 4) is 0 Å². The molecular formula is C18H20N4O3S. The predicted molar refractivity (Wildman–Crippen MR) is 102 cm³/mol. The van der Waals surface area contributed by atoms with Gasteiger partial charge in [-0.2, -0.15) is 0 Å². The molecule has 2 aromatic rings. The van der Waals surface area contributed by atoms with Gasteiger partial charge in [-0.25, -0.2) is 9.97 Å². The summed E-state index contributed by atoms with van der Waals surface area (Å²) in [5.41, 5.74) is 2.43. The molecule has 0 aliphatic heterocycles. The molecule has 0 bridgehead atoms. The van der Waals surface area contributed by atoms with Gasteiger partial charge >= 0.3 is 0 Å². The molecule has 3 rings (SSSR count). The maximum atomic E-state index is 12.8. The van der Waals surface area contributed by atoms with Gasteiger partial charge in [0.1, 0.15) is 16.5 Å². The van der Waals surface area contributed by atoms with Crippen molar-refractivity contribution >= 4 is 39.7 Å².